The van der Waals surface area contributed by atoms with Crippen LogP contribution in [0.4, 0.5) is 0 Å². The summed E-state index contributed by atoms with van der Waals surface area (Å²) in [5, 5.41) is 9.82. The van der Waals surface area contributed by atoms with E-state index < -0.39 is 11.9 Å². The summed E-state index contributed by atoms with van der Waals surface area (Å²) in [7, 11) is 0. The molecule has 7 heteroatoms. The monoisotopic (exact) mass is 484 g/mol. The number of ether oxygens (including phenoxy) is 4. The van der Waals surface area contributed by atoms with Crippen LogP contribution in [0.1, 0.15) is 49.3 Å². The van der Waals surface area contributed by atoms with Gasteiger partial charge in [0.05, 0.1) is 12.5 Å². The molecule has 1 atom stereocenters. The second-order valence-corrected chi connectivity index (χ2v) is 8.58. The smallest absolute Gasteiger partial charge is 0.349 e. The molecule has 0 bridgehead atoms. The van der Waals surface area contributed by atoms with Crippen molar-refractivity contribution in [2.75, 3.05) is 13.2 Å². The molecule has 1 aliphatic heterocycles. The Kier molecular flexibility index (Phi) is 7.45. The van der Waals surface area contributed by atoms with E-state index in [4.69, 9.17) is 24.7 Å². The van der Waals surface area contributed by atoms with E-state index >= 15 is 0 Å². The summed E-state index contributed by atoms with van der Waals surface area (Å²) in [5.74, 6) is 1.30. The van der Waals surface area contributed by atoms with Crippen molar-refractivity contribution in [1.29, 1.82) is 5.26 Å². The molecule has 0 spiro atoms. The first-order chi connectivity index (χ1) is 17.4. The highest BCUT2D eigenvalue weighted by molar-refractivity contribution is 5.74. The molecule has 0 aliphatic carbocycles. The van der Waals surface area contributed by atoms with Gasteiger partial charge in [-0.05, 0) is 42.7 Å². The molecule has 1 heterocycles. The highest BCUT2D eigenvalue weighted by Crippen LogP contribution is 2.45. The van der Waals surface area contributed by atoms with Crippen molar-refractivity contribution >= 4 is 5.97 Å². The van der Waals surface area contributed by atoms with Crippen molar-refractivity contribution in [2.24, 2.45) is 5.73 Å². The third kappa shape index (κ3) is 5.28. The minimum Gasteiger partial charge on any atom is -0.494 e. The van der Waals surface area contributed by atoms with Crippen molar-refractivity contribution < 1.29 is 23.7 Å². The average molecular weight is 485 g/mol. The van der Waals surface area contributed by atoms with Crippen LogP contribution in [-0.4, -0.2) is 19.2 Å². The lowest BCUT2D eigenvalue weighted by atomic mass is 9.83. The second-order valence-electron chi connectivity index (χ2n) is 8.58. The number of fused-ring (bicyclic) bond motifs is 1. The molecule has 3 aromatic carbocycles. The largest absolute Gasteiger partial charge is 0.494 e. The first kappa shape index (κ1) is 24.7. The van der Waals surface area contributed by atoms with E-state index in [1.165, 1.54) is 5.56 Å². The quantitative estimate of drug-likeness (QED) is 0.337. The van der Waals surface area contributed by atoms with E-state index in [0.29, 0.717) is 35.3 Å². The highest BCUT2D eigenvalue weighted by atomic mass is 16.6. The number of nitriles is 1. The topological polar surface area (TPSA) is 104 Å². The molecule has 0 saturated heterocycles. The predicted molar refractivity (Wildman–Crippen MR) is 135 cm³/mol. The van der Waals surface area contributed by atoms with Crippen molar-refractivity contribution in [3.05, 3.63) is 94.9 Å². The molecule has 0 saturated carbocycles. The highest BCUT2D eigenvalue weighted by Gasteiger charge is 2.32. The average Bonchev–Trinajstić information content (AvgIpc) is 2.87. The summed E-state index contributed by atoms with van der Waals surface area (Å²) in [6.07, 6.45) is 0. The molecule has 0 fully saturated rings. The molecular weight excluding hydrogens is 456 g/mol. The van der Waals surface area contributed by atoms with Gasteiger partial charge >= 0.3 is 5.97 Å². The van der Waals surface area contributed by atoms with E-state index in [1.807, 2.05) is 55.5 Å². The van der Waals surface area contributed by atoms with Crippen LogP contribution in [-0.2, 0) is 4.79 Å². The van der Waals surface area contributed by atoms with Crippen molar-refractivity contribution in [2.45, 2.75) is 32.6 Å². The number of allylic oxidation sites excluding steroid dienone is 1. The van der Waals surface area contributed by atoms with E-state index in [1.54, 1.807) is 18.2 Å². The molecule has 184 valence electrons. The predicted octanol–water partition coefficient (Wildman–Crippen LogP) is 5.41. The molecule has 3 aromatic rings. The molecule has 2 N–H and O–H groups in total. The van der Waals surface area contributed by atoms with Crippen LogP contribution in [0.3, 0.4) is 0 Å². The van der Waals surface area contributed by atoms with Crippen LogP contribution in [0.15, 0.2) is 78.2 Å². The van der Waals surface area contributed by atoms with Crippen LogP contribution >= 0.6 is 0 Å². The Bertz CT molecular complexity index is 1320. The maximum absolute atomic E-state index is 12.4. The maximum atomic E-state index is 12.4. The van der Waals surface area contributed by atoms with Crippen LogP contribution in [0.25, 0.3) is 0 Å². The van der Waals surface area contributed by atoms with Gasteiger partial charge in [0.15, 0.2) is 6.61 Å². The number of hydrogen-bond acceptors (Lipinski definition) is 7. The van der Waals surface area contributed by atoms with Gasteiger partial charge in [-0.15, -0.1) is 0 Å². The SMILES string of the molecule is CCOc1ccccc1C1C(C#N)=C(N)Oc2cc(OC(=O)COc3ccc(C(C)C)cc3)ccc21. The van der Waals surface area contributed by atoms with Crippen LogP contribution in [0, 0.1) is 11.3 Å². The third-order valence-corrected chi connectivity index (χ3v) is 5.86. The van der Waals surface area contributed by atoms with Gasteiger partial charge in [0.1, 0.15) is 34.6 Å². The molecule has 0 radical (unpaired) electrons. The number of hydrogen-bond donors (Lipinski definition) is 1. The minimum absolute atomic E-state index is 0.00189. The zero-order valence-corrected chi connectivity index (χ0v) is 20.5. The van der Waals surface area contributed by atoms with Crippen LogP contribution < -0.4 is 24.7 Å². The zero-order valence-electron chi connectivity index (χ0n) is 20.5. The first-order valence-electron chi connectivity index (χ1n) is 11.8. The minimum atomic E-state index is -0.557. The molecule has 1 aliphatic rings. The van der Waals surface area contributed by atoms with Gasteiger partial charge in [-0.3, -0.25) is 0 Å². The first-order valence-corrected chi connectivity index (χ1v) is 11.8. The van der Waals surface area contributed by atoms with E-state index in [-0.39, 0.29) is 23.8 Å². The molecular formula is C29H28N2O5. The fourth-order valence-electron chi connectivity index (χ4n) is 4.08. The molecule has 7 nitrogen and oxygen atoms in total. The molecule has 0 aromatic heterocycles. The molecule has 36 heavy (non-hydrogen) atoms. The Morgan fingerprint density at radius 2 is 1.75 bits per heavy atom. The Labute approximate surface area is 210 Å². The van der Waals surface area contributed by atoms with Gasteiger partial charge in [-0.1, -0.05) is 50.2 Å². The summed E-state index contributed by atoms with van der Waals surface area (Å²) in [4.78, 5) is 12.4. The number of carbonyl (C=O) groups excluding carboxylic acids is 1. The van der Waals surface area contributed by atoms with Crippen molar-refractivity contribution in [3.63, 3.8) is 0 Å². The van der Waals surface area contributed by atoms with E-state index in [9.17, 15) is 10.1 Å². The van der Waals surface area contributed by atoms with Crippen molar-refractivity contribution in [3.8, 4) is 29.1 Å². The number of carbonyl (C=O) groups is 1. The Balaban J connectivity index is 1.53. The summed E-state index contributed by atoms with van der Waals surface area (Å²) in [6.45, 7) is 6.35. The van der Waals surface area contributed by atoms with Crippen LogP contribution in [0.5, 0.6) is 23.0 Å². The van der Waals surface area contributed by atoms with Gasteiger partial charge in [-0.25, -0.2) is 4.79 Å². The van der Waals surface area contributed by atoms with Gasteiger partial charge in [-0.2, -0.15) is 5.26 Å². The second kappa shape index (κ2) is 10.9. The van der Waals surface area contributed by atoms with Gasteiger partial charge in [0.2, 0.25) is 5.88 Å². The third-order valence-electron chi connectivity index (χ3n) is 5.86. The summed E-state index contributed by atoms with van der Waals surface area (Å²) in [5.41, 5.74) is 9.11. The fraction of sp³-hybridized carbons (Fsp3) is 0.241. The number of nitrogens with two attached hydrogens (primary N) is 1. The zero-order chi connectivity index (χ0) is 25.7. The lowest BCUT2D eigenvalue weighted by Crippen LogP contribution is -2.22. The molecule has 1 unspecified atom stereocenters. The Morgan fingerprint density at radius 3 is 2.44 bits per heavy atom. The normalized spacial score (nSPS) is 14.5. The lowest BCUT2D eigenvalue weighted by Gasteiger charge is -2.27. The molecule has 0 amide bonds. The lowest BCUT2D eigenvalue weighted by molar-refractivity contribution is -0.136. The standard InChI is InChI=1S/C29H28N2O5/c1-4-33-25-8-6-5-7-22(25)28-23-14-13-21(15-26(23)36-29(31)24(28)16-30)35-27(32)17-34-20-11-9-19(10-12-20)18(2)3/h5-15,18,28H,4,17,31H2,1-3H3. The Morgan fingerprint density at radius 1 is 1.03 bits per heavy atom. The number of benzene rings is 3. The summed E-state index contributed by atoms with van der Waals surface area (Å²) in [6, 6.07) is 22.3. The molecule has 4 rings (SSSR count). The van der Waals surface area contributed by atoms with Gasteiger partial charge in [0.25, 0.3) is 0 Å². The number of esters is 1. The van der Waals surface area contributed by atoms with Crippen LogP contribution in [0.2, 0.25) is 0 Å². The summed E-state index contributed by atoms with van der Waals surface area (Å²) >= 11 is 0. The van der Waals surface area contributed by atoms with Gasteiger partial charge < -0.3 is 24.7 Å². The number of para-hydroxylation sites is 1. The maximum Gasteiger partial charge on any atom is 0.349 e. The fourth-order valence-corrected chi connectivity index (χ4v) is 4.08. The summed E-state index contributed by atoms with van der Waals surface area (Å²) < 4.78 is 22.6. The van der Waals surface area contributed by atoms with E-state index in [0.717, 1.165) is 5.56 Å². The Hall–Kier alpha value is -4.44. The number of rotatable bonds is 8. The van der Waals surface area contributed by atoms with Gasteiger partial charge in [0, 0.05) is 17.2 Å². The van der Waals surface area contributed by atoms with E-state index in [2.05, 4.69) is 19.9 Å². The number of nitrogens with zero attached hydrogens (tertiary/aromatic N) is 1. The van der Waals surface area contributed by atoms with Crippen molar-refractivity contribution in [1.82, 2.24) is 0 Å².